The minimum atomic E-state index is -4.24. The van der Waals surface area contributed by atoms with Crippen molar-refractivity contribution < 1.29 is 22.7 Å². The molecule has 0 bridgehead atoms. The number of carbonyl (C=O) groups is 2. The predicted molar refractivity (Wildman–Crippen MR) is 188 cm³/mol. The van der Waals surface area contributed by atoms with Gasteiger partial charge in [0.25, 0.3) is 10.0 Å². The predicted octanol–water partition coefficient (Wildman–Crippen LogP) is 7.01. The van der Waals surface area contributed by atoms with Crippen LogP contribution in [0.5, 0.6) is 5.75 Å². The van der Waals surface area contributed by atoms with Gasteiger partial charge in [0.2, 0.25) is 11.8 Å². The summed E-state index contributed by atoms with van der Waals surface area (Å²) >= 11 is 9.67. The Hall–Kier alpha value is -3.86. The molecule has 4 aromatic carbocycles. The first-order chi connectivity index (χ1) is 22.6. The van der Waals surface area contributed by atoms with Gasteiger partial charge in [0, 0.05) is 28.5 Å². The molecule has 1 unspecified atom stereocenters. The zero-order chi connectivity index (χ0) is 33.4. The fourth-order valence-electron chi connectivity index (χ4n) is 5.76. The number of amides is 2. The Bertz CT molecular complexity index is 1770. The van der Waals surface area contributed by atoms with Crippen LogP contribution in [0.25, 0.3) is 0 Å². The molecule has 0 aliphatic heterocycles. The Kier molecular flexibility index (Phi) is 11.6. The van der Waals surface area contributed by atoms with E-state index >= 15 is 0 Å². The maximum atomic E-state index is 14.6. The third-order valence-corrected chi connectivity index (χ3v) is 10.8. The summed E-state index contributed by atoms with van der Waals surface area (Å²) in [6.45, 7) is -0.461. The molecule has 8 nitrogen and oxygen atoms in total. The molecule has 1 atom stereocenters. The van der Waals surface area contributed by atoms with Crippen molar-refractivity contribution in [3.63, 3.8) is 0 Å². The van der Waals surface area contributed by atoms with Crippen molar-refractivity contribution in [1.82, 2.24) is 10.2 Å². The summed E-state index contributed by atoms with van der Waals surface area (Å²) in [5.41, 5.74) is 1.93. The quantitative estimate of drug-likeness (QED) is 0.159. The fourth-order valence-corrected chi connectivity index (χ4v) is 7.75. The summed E-state index contributed by atoms with van der Waals surface area (Å²) in [5.74, 6) is -0.296. The monoisotopic (exact) mass is 737 g/mol. The number of halogens is 2. The minimum absolute atomic E-state index is 0.0144. The number of rotatable bonds is 13. The van der Waals surface area contributed by atoms with Crippen LogP contribution in [-0.2, 0) is 32.6 Å². The van der Waals surface area contributed by atoms with Crippen LogP contribution in [-0.4, -0.2) is 50.9 Å². The number of nitrogens with zero attached hydrogens (tertiary/aromatic N) is 2. The van der Waals surface area contributed by atoms with Gasteiger partial charge in [-0.1, -0.05) is 82.8 Å². The van der Waals surface area contributed by atoms with Crippen molar-refractivity contribution >= 4 is 55.1 Å². The Morgan fingerprint density at radius 3 is 2.21 bits per heavy atom. The number of hydrogen-bond donors (Lipinski definition) is 1. The number of carbonyl (C=O) groups excluding carboxylic acids is 2. The zero-order valence-electron chi connectivity index (χ0n) is 26.0. The van der Waals surface area contributed by atoms with E-state index in [0.29, 0.717) is 10.8 Å². The fraction of sp³-hybridized carbons (Fsp3) is 0.278. The van der Waals surface area contributed by atoms with Gasteiger partial charge in [-0.15, -0.1) is 0 Å². The highest BCUT2D eigenvalue weighted by Crippen LogP contribution is 2.28. The van der Waals surface area contributed by atoms with Gasteiger partial charge in [0.1, 0.15) is 18.3 Å². The molecule has 0 saturated heterocycles. The molecule has 1 saturated carbocycles. The van der Waals surface area contributed by atoms with E-state index in [1.54, 1.807) is 36.4 Å². The van der Waals surface area contributed by atoms with E-state index in [0.717, 1.165) is 45.6 Å². The Morgan fingerprint density at radius 2 is 1.57 bits per heavy atom. The molecule has 0 aromatic heterocycles. The number of sulfonamides is 1. The molecule has 0 radical (unpaired) electrons. The largest absolute Gasteiger partial charge is 0.497 e. The van der Waals surface area contributed by atoms with Crippen LogP contribution in [0.15, 0.2) is 112 Å². The third-order valence-electron chi connectivity index (χ3n) is 8.26. The molecule has 47 heavy (non-hydrogen) atoms. The van der Waals surface area contributed by atoms with Crippen molar-refractivity contribution in [2.24, 2.45) is 0 Å². The second kappa shape index (κ2) is 15.8. The SMILES string of the molecule is COc1ccc(S(=O)(=O)N(CC(=O)N(Cc2cccc(Br)c2)C(Cc2ccccc2)C(=O)NC2CCCC2)c2ccc(Cl)cc2)cc1. The van der Waals surface area contributed by atoms with Crippen LogP contribution in [0, 0.1) is 0 Å². The van der Waals surface area contributed by atoms with Crippen LogP contribution in [0.2, 0.25) is 5.02 Å². The highest BCUT2D eigenvalue weighted by atomic mass is 79.9. The maximum Gasteiger partial charge on any atom is 0.264 e. The molecular formula is C36H37BrClN3O5S. The van der Waals surface area contributed by atoms with Crippen LogP contribution in [0.4, 0.5) is 5.69 Å². The van der Waals surface area contributed by atoms with Gasteiger partial charge in [-0.05, 0) is 84.6 Å². The number of methoxy groups -OCH3 is 1. The van der Waals surface area contributed by atoms with Crippen molar-refractivity contribution in [2.75, 3.05) is 18.0 Å². The Morgan fingerprint density at radius 1 is 0.915 bits per heavy atom. The van der Waals surface area contributed by atoms with Gasteiger partial charge in [-0.3, -0.25) is 13.9 Å². The van der Waals surface area contributed by atoms with Crippen molar-refractivity contribution in [3.8, 4) is 5.75 Å². The van der Waals surface area contributed by atoms with Crippen LogP contribution in [0.3, 0.4) is 0 Å². The van der Waals surface area contributed by atoms with E-state index in [1.807, 2.05) is 54.6 Å². The van der Waals surface area contributed by atoms with Crippen molar-refractivity contribution in [3.05, 3.63) is 124 Å². The molecule has 1 aliphatic rings. The normalized spacial score (nSPS) is 13.9. The summed E-state index contributed by atoms with van der Waals surface area (Å²) in [6.07, 6.45) is 4.09. The molecule has 1 fully saturated rings. The summed E-state index contributed by atoms with van der Waals surface area (Å²) in [5, 5.41) is 3.61. The van der Waals surface area contributed by atoms with Gasteiger partial charge < -0.3 is 15.0 Å². The lowest BCUT2D eigenvalue weighted by molar-refractivity contribution is -0.140. The molecule has 1 aliphatic carbocycles. The molecule has 2 amide bonds. The second-order valence-electron chi connectivity index (χ2n) is 11.5. The van der Waals surface area contributed by atoms with Crippen LogP contribution < -0.4 is 14.4 Å². The van der Waals surface area contributed by atoms with Gasteiger partial charge in [0.15, 0.2) is 0 Å². The van der Waals surface area contributed by atoms with Gasteiger partial charge >= 0.3 is 0 Å². The summed E-state index contributed by atoms with van der Waals surface area (Å²) < 4.78 is 35.5. The summed E-state index contributed by atoms with van der Waals surface area (Å²) in [4.78, 5) is 30.2. The second-order valence-corrected chi connectivity index (χ2v) is 14.7. The summed E-state index contributed by atoms with van der Waals surface area (Å²) in [7, 11) is -2.75. The van der Waals surface area contributed by atoms with E-state index in [4.69, 9.17) is 16.3 Å². The zero-order valence-corrected chi connectivity index (χ0v) is 29.2. The number of hydrogen-bond acceptors (Lipinski definition) is 5. The molecule has 11 heteroatoms. The van der Waals surface area contributed by atoms with Crippen molar-refractivity contribution in [1.29, 1.82) is 0 Å². The highest BCUT2D eigenvalue weighted by Gasteiger charge is 2.35. The minimum Gasteiger partial charge on any atom is -0.497 e. The topological polar surface area (TPSA) is 96.0 Å². The molecule has 4 aromatic rings. The van der Waals surface area contributed by atoms with Crippen LogP contribution >= 0.6 is 27.5 Å². The maximum absolute atomic E-state index is 14.6. The molecule has 5 rings (SSSR count). The smallest absolute Gasteiger partial charge is 0.264 e. The highest BCUT2D eigenvalue weighted by molar-refractivity contribution is 9.10. The van der Waals surface area contributed by atoms with Gasteiger partial charge in [-0.25, -0.2) is 8.42 Å². The average Bonchev–Trinajstić information content (AvgIpc) is 3.59. The van der Waals surface area contributed by atoms with E-state index in [2.05, 4.69) is 21.2 Å². The molecular weight excluding hydrogens is 702 g/mol. The number of ether oxygens (including phenoxy) is 1. The van der Waals surface area contributed by atoms with E-state index in [9.17, 15) is 18.0 Å². The molecule has 246 valence electrons. The van der Waals surface area contributed by atoms with E-state index in [-0.39, 0.29) is 35.5 Å². The lowest BCUT2D eigenvalue weighted by atomic mass is 10.0. The first-order valence-electron chi connectivity index (χ1n) is 15.4. The van der Waals surface area contributed by atoms with E-state index < -0.39 is 28.5 Å². The lowest BCUT2D eigenvalue weighted by Crippen LogP contribution is -2.54. The lowest BCUT2D eigenvalue weighted by Gasteiger charge is -2.34. The van der Waals surface area contributed by atoms with Gasteiger partial charge in [-0.2, -0.15) is 0 Å². The molecule has 0 heterocycles. The molecule has 0 spiro atoms. The van der Waals surface area contributed by atoms with E-state index in [1.165, 1.54) is 24.1 Å². The Balaban J connectivity index is 1.56. The van der Waals surface area contributed by atoms with Crippen molar-refractivity contribution in [2.45, 2.75) is 55.6 Å². The van der Waals surface area contributed by atoms with Gasteiger partial charge in [0.05, 0.1) is 17.7 Å². The first kappa shape index (κ1) is 34.5. The Labute approximate surface area is 289 Å². The summed E-state index contributed by atoms with van der Waals surface area (Å²) in [6, 6.07) is 28.4. The molecule has 1 N–H and O–H groups in total. The number of nitrogens with one attached hydrogen (secondary N) is 1. The first-order valence-corrected chi connectivity index (χ1v) is 18.1. The number of benzene rings is 4. The number of anilines is 1. The third kappa shape index (κ3) is 8.94. The average molecular weight is 739 g/mol. The van der Waals surface area contributed by atoms with Crippen LogP contribution in [0.1, 0.15) is 36.8 Å². The standard InChI is InChI=1S/C36H37BrClN3O5S/c1-46-32-18-20-33(21-19-32)47(44,45)41(31-16-14-29(38)15-17-31)25-35(42)40(24-27-10-7-11-28(37)22-27)34(23-26-8-3-2-4-9-26)36(43)39-30-12-5-6-13-30/h2-4,7-11,14-22,30,34H,5-6,12-13,23-25H2,1H3,(H,39,43).